The molecule has 1 amide bonds. The number of carbonyl (C=O) groups excluding carboxylic acids is 1. The maximum atomic E-state index is 12.7. The van der Waals surface area contributed by atoms with Crippen LogP contribution in [0.15, 0.2) is 40.2 Å². The Morgan fingerprint density at radius 3 is 2.52 bits per heavy atom. The number of amides is 1. The fraction of sp³-hybridized carbons (Fsp3) is 0.111. The molecular formula is C18H14Br2F2N2O2S. The van der Waals surface area contributed by atoms with Gasteiger partial charge in [0.05, 0.1) is 14.8 Å². The van der Waals surface area contributed by atoms with Gasteiger partial charge in [-0.2, -0.15) is 0 Å². The number of halogens is 4. The van der Waals surface area contributed by atoms with Crippen LogP contribution in [0.2, 0.25) is 0 Å². The average molecular weight is 520 g/mol. The molecule has 0 saturated carbocycles. The summed E-state index contributed by atoms with van der Waals surface area (Å²) in [4.78, 5) is 15.0. The number of nitrogens with two attached hydrogens (primary N) is 1. The molecule has 2 aromatic carbocycles. The van der Waals surface area contributed by atoms with Crippen molar-refractivity contribution in [1.82, 2.24) is 4.98 Å². The van der Waals surface area contributed by atoms with Gasteiger partial charge in [-0.05, 0) is 41.1 Å². The number of aromatic hydroxyl groups is 1. The number of aryl methyl sites for hydroxylation is 1. The highest BCUT2D eigenvalue weighted by Crippen LogP contribution is 2.34. The Morgan fingerprint density at radius 1 is 1.30 bits per heavy atom. The molecule has 0 aliphatic heterocycles. The third kappa shape index (κ3) is 5.33. The van der Waals surface area contributed by atoms with Crippen LogP contribution in [0, 0.1) is 18.6 Å². The van der Waals surface area contributed by atoms with E-state index in [9.17, 15) is 13.6 Å². The number of thiazole rings is 1. The van der Waals surface area contributed by atoms with E-state index in [1.807, 2.05) is 0 Å². The van der Waals surface area contributed by atoms with Gasteiger partial charge in [-0.1, -0.05) is 39.7 Å². The Kier molecular flexibility index (Phi) is 7.46. The number of phenolic OH excluding ortho intramolecular Hbond substituents is 1. The topological polar surface area (TPSA) is 76.2 Å². The highest BCUT2D eigenvalue weighted by Gasteiger charge is 2.17. The molecular weight excluding hydrogens is 506 g/mol. The summed E-state index contributed by atoms with van der Waals surface area (Å²) in [5.74, 6) is -4.47. The number of primary amides is 1. The van der Waals surface area contributed by atoms with Gasteiger partial charge in [-0.3, -0.25) is 4.79 Å². The second kappa shape index (κ2) is 9.38. The first kappa shape index (κ1) is 21.5. The van der Waals surface area contributed by atoms with Gasteiger partial charge in [0, 0.05) is 5.56 Å². The van der Waals surface area contributed by atoms with Gasteiger partial charge in [-0.25, -0.2) is 13.8 Å². The van der Waals surface area contributed by atoms with E-state index in [4.69, 9.17) is 5.11 Å². The minimum atomic E-state index is -1.33. The maximum absolute atomic E-state index is 12.7. The van der Waals surface area contributed by atoms with E-state index < -0.39 is 28.9 Å². The Labute approximate surface area is 175 Å². The molecule has 0 aliphatic carbocycles. The number of benzene rings is 2. The fourth-order valence-corrected chi connectivity index (χ4v) is 4.14. The third-order valence-corrected chi connectivity index (χ3v) is 5.96. The van der Waals surface area contributed by atoms with Crippen molar-refractivity contribution in [2.45, 2.75) is 12.3 Å². The molecule has 0 fully saturated rings. The molecule has 4 nitrogen and oxygen atoms in total. The first-order valence-corrected chi connectivity index (χ1v) is 10.2. The van der Waals surface area contributed by atoms with Gasteiger partial charge < -0.3 is 10.8 Å². The molecule has 1 heterocycles. The van der Waals surface area contributed by atoms with Gasteiger partial charge in [0.1, 0.15) is 16.4 Å². The first-order chi connectivity index (χ1) is 12.7. The lowest BCUT2D eigenvalue weighted by molar-refractivity contribution is 0.0991. The lowest BCUT2D eigenvalue weighted by Crippen LogP contribution is -2.15. The van der Waals surface area contributed by atoms with Gasteiger partial charge in [0.15, 0.2) is 11.6 Å². The van der Waals surface area contributed by atoms with Gasteiger partial charge >= 0.3 is 0 Å². The molecule has 0 unspecified atom stereocenters. The molecule has 9 heteroatoms. The highest BCUT2D eigenvalue weighted by atomic mass is 79.9. The zero-order valence-electron chi connectivity index (χ0n) is 14.0. The van der Waals surface area contributed by atoms with Crippen molar-refractivity contribution in [3.05, 3.63) is 68.0 Å². The molecule has 0 aliphatic rings. The molecule has 0 radical (unpaired) electrons. The maximum Gasteiger partial charge on any atom is 0.254 e. The second-order valence-corrected chi connectivity index (χ2v) is 8.32. The molecule has 1 aromatic heterocycles. The molecule has 0 bridgehead atoms. The van der Waals surface area contributed by atoms with E-state index in [1.165, 1.54) is 11.1 Å². The fourth-order valence-electron chi connectivity index (χ4n) is 2.14. The lowest BCUT2D eigenvalue weighted by atomic mass is 10.1. The number of aromatic nitrogens is 1. The first-order valence-electron chi connectivity index (χ1n) is 7.49. The summed E-state index contributed by atoms with van der Waals surface area (Å²) < 4.78 is 26.5. The Morgan fingerprint density at radius 2 is 2.00 bits per heavy atom. The van der Waals surface area contributed by atoms with E-state index in [0.717, 1.165) is 32.0 Å². The van der Waals surface area contributed by atoms with Crippen LogP contribution < -0.4 is 5.73 Å². The second-order valence-electron chi connectivity index (χ2n) is 5.35. The number of hydrogen-bond acceptors (Lipinski definition) is 4. The van der Waals surface area contributed by atoms with Crippen molar-refractivity contribution in [3.63, 3.8) is 0 Å². The third-order valence-electron chi connectivity index (χ3n) is 3.35. The predicted molar refractivity (Wildman–Crippen MR) is 109 cm³/mol. The molecule has 3 N–H and O–H groups in total. The van der Waals surface area contributed by atoms with Crippen molar-refractivity contribution in [2.75, 3.05) is 0 Å². The predicted octanol–water partition coefficient (Wildman–Crippen LogP) is 5.55. The van der Waals surface area contributed by atoms with Gasteiger partial charge in [0.2, 0.25) is 0 Å². The van der Waals surface area contributed by atoms with Crippen LogP contribution in [0.1, 0.15) is 20.9 Å². The standard InChI is InChI=1S/C11H9Br2NS.C7H5F2NO2/c1-7-3-2-4-8(5-7)10-11(13)15-9(6-12)14-10;8-3-1-2-4(11)6(9)5(3)7(10)12/h2-5H,6H2,1H3;1-2,11H,(H2,10,12). The molecule has 3 rings (SSSR count). The van der Waals surface area contributed by atoms with Crippen LogP contribution in [0.4, 0.5) is 8.78 Å². The lowest BCUT2D eigenvalue weighted by Gasteiger charge is -2.00. The average Bonchev–Trinajstić information content (AvgIpc) is 3.00. The van der Waals surface area contributed by atoms with Crippen molar-refractivity contribution >= 4 is 49.1 Å². The Hall–Kier alpha value is -1.84. The largest absolute Gasteiger partial charge is 0.505 e. The zero-order valence-corrected chi connectivity index (χ0v) is 18.0. The number of rotatable bonds is 3. The summed E-state index contributed by atoms with van der Waals surface area (Å²) in [6, 6.07) is 9.96. The van der Waals surface area contributed by atoms with Crippen LogP contribution in [0.5, 0.6) is 5.75 Å². The molecule has 0 atom stereocenters. The minimum absolute atomic E-state index is 0.762. The SMILES string of the molecule is Cc1cccc(-c2nc(CBr)sc2Br)c1.NC(=O)c1c(F)ccc(O)c1F. The Bertz CT molecular complexity index is 980. The van der Waals surface area contributed by atoms with Crippen molar-refractivity contribution in [3.8, 4) is 17.0 Å². The number of carbonyl (C=O) groups is 1. The summed E-state index contributed by atoms with van der Waals surface area (Å²) in [7, 11) is 0. The van der Waals surface area contributed by atoms with E-state index in [0.29, 0.717) is 0 Å². The van der Waals surface area contributed by atoms with Crippen molar-refractivity contribution < 1.29 is 18.7 Å². The monoisotopic (exact) mass is 518 g/mol. The zero-order chi connectivity index (χ0) is 20.1. The van der Waals surface area contributed by atoms with Crippen LogP contribution in [0.25, 0.3) is 11.3 Å². The van der Waals surface area contributed by atoms with E-state index >= 15 is 0 Å². The number of phenols is 1. The normalized spacial score (nSPS) is 10.3. The molecule has 0 spiro atoms. The van der Waals surface area contributed by atoms with E-state index in [2.05, 4.69) is 73.8 Å². The Balaban J connectivity index is 0.000000199. The smallest absolute Gasteiger partial charge is 0.254 e. The van der Waals surface area contributed by atoms with E-state index in [-0.39, 0.29) is 0 Å². The van der Waals surface area contributed by atoms with Crippen LogP contribution in [0.3, 0.4) is 0 Å². The van der Waals surface area contributed by atoms with Gasteiger partial charge in [0.25, 0.3) is 5.91 Å². The highest BCUT2D eigenvalue weighted by molar-refractivity contribution is 9.11. The molecule has 27 heavy (non-hydrogen) atoms. The van der Waals surface area contributed by atoms with Crippen LogP contribution in [-0.4, -0.2) is 16.0 Å². The van der Waals surface area contributed by atoms with Crippen molar-refractivity contribution in [1.29, 1.82) is 0 Å². The molecule has 142 valence electrons. The van der Waals surface area contributed by atoms with Gasteiger partial charge in [-0.15, -0.1) is 11.3 Å². The summed E-state index contributed by atoms with van der Waals surface area (Å²) >= 11 is 8.65. The van der Waals surface area contributed by atoms with Crippen LogP contribution >= 0.6 is 43.2 Å². The summed E-state index contributed by atoms with van der Waals surface area (Å²) in [5, 5.41) is 10.6. The van der Waals surface area contributed by atoms with Crippen molar-refractivity contribution in [2.24, 2.45) is 5.73 Å². The summed E-state index contributed by atoms with van der Waals surface area (Å²) in [6.45, 7) is 2.09. The number of nitrogens with zero attached hydrogens (tertiary/aromatic N) is 1. The molecule has 0 saturated heterocycles. The number of alkyl halides is 1. The minimum Gasteiger partial charge on any atom is -0.505 e. The van der Waals surface area contributed by atoms with E-state index in [1.54, 1.807) is 11.3 Å². The molecule has 3 aromatic rings. The van der Waals surface area contributed by atoms with Crippen LogP contribution in [-0.2, 0) is 5.33 Å². The quantitative estimate of drug-likeness (QED) is 0.446. The summed E-state index contributed by atoms with van der Waals surface area (Å²) in [5.41, 5.74) is 7.20. The number of hydrogen-bond donors (Lipinski definition) is 2. The summed E-state index contributed by atoms with van der Waals surface area (Å²) in [6.07, 6.45) is 0.